The first kappa shape index (κ1) is 21.1. The summed E-state index contributed by atoms with van der Waals surface area (Å²) in [5.74, 6) is -0.191. The summed E-state index contributed by atoms with van der Waals surface area (Å²) in [6.07, 6.45) is 1.39. The predicted molar refractivity (Wildman–Crippen MR) is 124 cm³/mol. The number of rotatable bonds is 5. The molecule has 0 saturated heterocycles. The molecule has 1 N–H and O–H groups in total. The van der Waals surface area contributed by atoms with Crippen molar-refractivity contribution in [1.82, 2.24) is 0 Å². The van der Waals surface area contributed by atoms with Crippen molar-refractivity contribution >= 4 is 27.3 Å². The Morgan fingerprint density at radius 3 is 2.52 bits per heavy atom. The van der Waals surface area contributed by atoms with Crippen LogP contribution in [0.3, 0.4) is 0 Å². The van der Waals surface area contributed by atoms with Gasteiger partial charge >= 0.3 is 0 Å². The van der Waals surface area contributed by atoms with Crippen molar-refractivity contribution in [2.75, 3.05) is 9.62 Å². The molecule has 1 atom stereocenters. The molecular formula is C25H26N2O3S. The quantitative estimate of drug-likeness (QED) is 0.618. The lowest BCUT2D eigenvalue weighted by atomic mass is 10.0. The number of benzene rings is 3. The number of amides is 1. The minimum Gasteiger partial charge on any atom is -0.321 e. The number of carbonyl (C=O) groups excluding carboxylic acids is 1. The van der Waals surface area contributed by atoms with E-state index in [0.717, 1.165) is 28.8 Å². The first-order chi connectivity index (χ1) is 14.8. The number of para-hydroxylation sites is 1. The van der Waals surface area contributed by atoms with E-state index in [2.05, 4.69) is 12.2 Å². The van der Waals surface area contributed by atoms with Crippen LogP contribution in [0.15, 0.2) is 71.6 Å². The van der Waals surface area contributed by atoms with Crippen LogP contribution in [-0.4, -0.2) is 20.4 Å². The third kappa shape index (κ3) is 3.83. The molecule has 1 aliphatic heterocycles. The van der Waals surface area contributed by atoms with Gasteiger partial charge in [0.05, 0.1) is 10.6 Å². The molecule has 1 amide bonds. The summed E-state index contributed by atoms with van der Waals surface area (Å²) in [4.78, 5) is 13.2. The summed E-state index contributed by atoms with van der Waals surface area (Å²) < 4.78 is 27.9. The highest BCUT2D eigenvalue weighted by molar-refractivity contribution is 7.92. The average molecular weight is 435 g/mol. The van der Waals surface area contributed by atoms with E-state index in [1.54, 1.807) is 42.5 Å². The van der Waals surface area contributed by atoms with Gasteiger partial charge in [-0.1, -0.05) is 43.3 Å². The topological polar surface area (TPSA) is 66.5 Å². The fraction of sp³-hybridized carbons (Fsp3) is 0.240. The van der Waals surface area contributed by atoms with Crippen molar-refractivity contribution in [2.24, 2.45) is 0 Å². The second-order valence-electron chi connectivity index (χ2n) is 7.93. The molecule has 160 valence electrons. The monoisotopic (exact) mass is 434 g/mol. The zero-order valence-electron chi connectivity index (χ0n) is 17.9. The van der Waals surface area contributed by atoms with E-state index >= 15 is 0 Å². The maximum Gasteiger partial charge on any atom is 0.264 e. The zero-order chi connectivity index (χ0) is 22.2. The minimum absolute atomic E-state index is 0.191. The van der Waals surface area contributed by atoms with Crippen molar-refractivity contribution < 1.29 is 13.2 Å². The molecule has 4 rings (SSSR count). The van der Waals surface area contributed by atoms with Crippen LogP contribution in [0.25, 0.3) is 0 Å². The van der Waals surface area contributed by atoms with E-state index in [0.29, 0.717) is 17.7 Å². The van der Waals surface area contributed by atoms with Gasteiger partial charge in [-0.05, 0) is 73.7 Å². The molecular weight excluding hydrogens is 408 g/mol. The Bertz CT molecular complexity index is 1240. The molecule has 0 spiro atoms. The van der Waals surface area contributed by atoms with Gasteiger partial charge in [0.25, 0.3) is 15.9 Å². The molecule has 0 unspecified atom stereocenters. The standard InChI is InChI=1S/C25H26N2O3S/c1-4-19-10-8-9-17(2)24(19)26-25(28)20-13-14-23-21(16-20)15-18(3)27(23)31(29,30)22-11-6-5-7-12-22/h5-14,16,18H,4,15H2,1-3H3,(H,26,28)/t18-/m1/s1. The molecule has 1 heterocycles. The van der Waals surface area contributed by atoms with Gasteiger partial charge in [-0.2, -0.15) is 0 Å². The maximum absolute atomic E-state index is 13.2. The number of nitrogens with zero attached hydrogens (tertiary/aromatic N) is 1. The van der Waals surface area contributed by atoms with Gasteiger partial charge in [-0.15, -0.1) is 0 Å². The summed E-state index contributed by atoms with van der Waals surface area (Å²) in [6.45, 7) is 5.93. The Hall–Kier alpha value is -3.12. The Morgan fingerprint density at radius 1 is 1.06 bits per heavy atom. The molecule has 0 radical (unpaired) electrons. The lowest BCUT2D eigenvalue weighted by molar-refractivity contribution is 0.102. The normalized spacial score (nSPS) is 15.6. The lowest BCUT2D eigenvalue weighted by Crippen LogP contribution is -2.35. The molecule has 0 aliphatic carbocycles. The maximum atomic E-state index is 13.2. The van der Waals surface area contributed by atoms with Gasteiger partial charge in [-0.3, -0.25) is 9.10 Å². The Balaban J connectivity index is 1.65. The Kier molecular flexibility index (Phi) is 5.58. The molecule has 0 saturated carbocycles. The van der Waals surface area contributed by atoms with Gasteiger partial charge in [0.15, 0.2) is 0 Å². The molecule has 3 aromatic rings. The van der Waals surface area contributed by atoms with E-state index in [-0.39, 0.29) is 16.8 Å². The third-order valence-electron chi connectivity index (χ3n) is 5.77. The van der Waals surface area contributed by atoms with Crippen LogP contribution in [-0.2, 0) is 22.9 Å². The number of anilines is 2. The summed E-state index contributed by atoms with van der Waals surface area (Å²) in [5, 5.41) is 3.04. The SMILES string of the molecule is CCc1cccc(C)c1NC(=O)c1ccc2c(c1)C[C@@H](C)N2S(=O)(=O)c1ccccc1. The predicted octanol–water partition coefficient (Wildman–Crippen LogP) is 4.95. The molecule has 0 aromatic heterocycles. The van der Waals surface area contributed by atoms with Crippen molar-refractivity contribution in [3.63, 3.8) is 0 Å². The van der Waals surface area contributed by atoms with Gasteiger partial charge < -0.3 is 5.32 Å². The number of aryl methyl sites for hydroxylation is 2. The fourth-order valence-electron chi connectivity index (χ4n) is 4.20. The lowest BCUT2D eigenvalue weighted by Gasteiger charge is -2.24. The minimum atomic E-state index is -3.66. The zero-order valence-corrected chi connectivity index (χ0v) is 18.7. The molecule has 1 aliphatic rings. The van der Waals surface area contributed by atoms with E-state index in [9.17, 15) is 13.2 Å². The van der Waals surface area contributed by atoms with Gasteiger partial charge in [0.2, 0.25) is 0 Å². The smallest absolute Gasteiger partial charge is 0.264 e. The van der Waals surface area contributed by atoms with Crippen molar-refractivity contribution in [3.05, 3.63) is 89.0 Å². The number of sulfonamides is 1. The molecule has 31 heavy (non-hydrogen) atoms. The van der Waals surface area contributed by atoms with Crippen molar-refractivity contribution in [1.29, 1.82) is 0 Å². The largest absolute Gasteiger partial charge is 0.321 e. The number of hydrogen-bond donors (Lipinski definition) is 1. The summed E-state index contributed by atoms with van der Waals surface area (Å²) in [6, 6.07) is 19.5. The van der Waals surface area contributed by atoms with Crippen LogP contribution in [0.5, 0.6) is 0 Å². The Morgan fingerprint density at radius 2 is 1.81 bits per heavy atom. The number of carbonyl (C=O) groups is 1. The van der Waals surface area contributed by atoms with Crippen LogP contribution in [0.1, 0.15) is 40.9 Å². The van der Waals surface area contributed by atoms with E-state index < -0.39 is 10.0 Å². The average Bonchev–Trinajstić information content (AvgIpc) is 3.11. The van der Waals surface area contributed by atoms with Crippen LogP contribution in [0.2, 0.25) is 0 Å². The van der Waals surface area contributed by atoms with Crippen LogP contribution >= 0.6 is 0 Å². The molecule has 3 aromatic carbocycles. The fourth-order valence-corrected chi connectivity index (χ4v) is 5.92. The first-order valence-electron chi connectivity index (χ1n) is 10.4. The van der Waals surface area contributed by atoms with E-state index in [1.165, 1.54) is 4.31 Å². The summed E-state index contributed by atoms with van der Waals surface area (Å²) in [5.41, 5.74) is 4.97. The molecule has 0 bridgehead atoms. The highest BCUT2D eigenvalue weighted by Crippen LogP contribution is 2.37. The van der Waals surface area contributed by atoms with Gasteiger partial charge in [0.1, 0.15) is 0 Å². The summed E-state index contributed by atoms with van der Waals surface area (Å²) >= 11 is 0. The molecule has 6 heteroatoms. The summed E-state index contributed by atoms with van der Waals surface area (Å²) in [7, 11) is -3.66. The van der Waals surface area contributed by atoms with Gasteiger partial charge in [-0.25, -0.2) is 8.42 Å². The molecule has 5 nitrogen and oxygen atoms in total. The van der Waals surface area contributed by atoms with Crippen molar-refractivity contribution in [2.45, 2.75) is 44.6 Å². The first-order valence-corrected chi connectivity index (χ1v) is 11.9. The van der Waals surface area contributed by atoms with Crippen LogP contribution in [0, 0.1) is 6.92 Å². The second kappa shape index (κ2) is 8.19. The third-order valence-corrected chi connectivity index (χ3v) is 7.72. The highest BCUT2D eigenvalue weighted by atomic mass is 32.2. The van der Waals surface area contributed by atoms with E-state index in [4.69, 9.17) is 0 Å². The van der Waals surface area contributed by atoms with E-state index in [1.807, 2.05) is 38.1 Å². The van der Waals surface area contributed by atoms with Crippen molar-refractivity contribution in [3.8, 4) is 0 Å². The van der Waals surface area contributed by atoms with Crippen LogP contribution in [0.4, 0.5) is 11.4 Å². The van der Waals surface area contributed by atoms with Gasteiger partial charge in [0, 0.05) is 17.3 Å². The number of hydrogen-bond acceptors (Lipinski definition) is 3. The second-order valence-corrected chi connectivity index (χ2v) is 9.74. The molecule has 0 fully saturated rings. The highest BCUT2D eigenvalue weighted by Gasteiger charge is 2.36. The number of nitrogens with one attached hydrogen (secondary N) is 1. The van der Waals surface area contributed by atoms with Crippen LogP contribution < -0.4 is 9.62 Å². The number of fused-ring (bicyclic) bond motifs is 1. The Labute approximate surface area is 183 Å².